The number of anilines is 1. The highest BCUT2D eigenvalue weighted by Crippen LogP contribution is 2.13. The second-order valence-electron chi connectivity index (χ2n) is 5.20. The van der Waals surface area contributed by atoms with Gasteiger partial charge in [-0.25, -0.2) is 0 Å². The third kappa shape index (κ3) is 4.19. The Balaban J connectivity index is 2.00. The Kier molecular flexibility index (Phi) is 5.31. The van der Waals surface area contributed by atoms with Gasteiger partial charge in [-0.05, 0) is 54.8 Å². The number of nitrogens with two attached hydrogens (primary N) is 1. The molecule has 2 aromatic rings. The number of carbonyl (C=O) groups excluding carboxylic acids is 2. The second kappa shape index (κ2) is 7.41. The molecule has 2 amide bonds. The van der Waals surface area contributed by atoms with Crippen LogP contribution >= 0.6 is 0 Å². The van der Waals surface area contributed by atoms with E-state index in [1.807, 2.05) is 24.3 Å². The van der Waals surface area contributed by atoms with Crippen molar-refractivity contribution in [3.8, 4) is 0 Å². The number of hydrogen-bond donors (Lipinski definition) is 2. The molecule has 0 saturated heterocycles. The highest BCUT2D eigenvalue weighted by molar-refractivity contribution is 6.05. The predicted molar refractivity (Wildman–Crippen MR) is 88.0 cm³/mol. The standard InChI is InChI=1S/C18H20N2O2/c1-2-3-4-13-5-11-16(12-6-13)20-18(22)15-9-7-14(8-10-15)17(19)21/h5-12H,2-4H2,1H3,(H2,19,21)(H,20,22). The molecule has 114 valence electrons. The summed E-state index contributed by atoms with van der Waals surface area (Å²) in [7, 11) is 0. The minimum atomic E-state index is -0.505. The summed E-state index contributed by atoms with van der Waals surface area (Å²) in [5.74, 6) is -0.716. The highest BCUT2D eigenvalue weighted by atomic mass is 16.2. The van der Waals surface area contributed by atoms with Gasteiger partial charge in [-0.15, -0.1) is 0 Å². The third-order valence-corrected chi connectivity index (χ3v) is 3.46. The van der Waals surface area contributed by atoms with Crippen LogP contribution in [-0.4, -0.2) is 11.8 Å². The zero-order valence-corrected chi connectivity index (χ0v) is 12.6. The molecule has 22 heavy (non-hydrogen) atoms. The van der Waals surface area contributed by atoms with Gasteiger partial charge in [0.25, 0.3) is 5.91 Å². The van der Waals surface area contributed by atoms with E-state index in [1.54, 1.807) is 24.3 Å². The molecule has 0 bridgehead atoms. The molecule has 0 saturated carbocycles. The normalized spacial score (nSPS) is 10.2. The molecule has 3 N–H and O–H groups in total. The number of amides is 2. The van der Waals surface area contributed by atoms with Gasteiger partial charge in [-0.2, -0.15) is 0 Å². The zero-order chi connectivity index (χ0) is 15.9. The van der Waals surface area contributed by atoms with Crippen molar-refractivity contribution >= 4 is 17.5 Å². The maximum Gasteiger partial charge on any atom is 0.255 e. The highest BCUT2D eigenvalue weighted by Gasteiger charge is 2.07. The van der Waals surface area contributed by atoms with E-state index >= 15 is 0 Å². The number of carbonyl (C=O) groups is 2. The van der Waals surface area contributed by atoms with E-state index in [0.717, 1.165) is 18.5 Å². The fourth-order valence-electron chi connectivity index (χ4n) is 2.12. The minimum absolute atomic E-state index is 0.211. The first-order valence-electron chi connectivity index (χ1n) is 7.40. The molecule has 0 aliphatic heterocycles. The maximum absolute atomic E-state index is 12.1. The average molecular weight is 296 g/mol. The van der Waals surface area contributed by atoms with E-state index < -0.39 is 5.91 Å². The van der Waals surface area contributed by atoms with Gasteiger partial charge in [0.15, 0.2) is 0 Å². The van der Waals surface area contributed by atoms with Crippen molar-refractivity contribution in [2.75, 3.05) is 5.32 Å². The van der Waals surface area contributed by atoms with Gasteiger partial charge in [-0.1, -0.05) is 25.5 Å². The van der Waals surface area contributed by atoms with Gasteiger partial charge >= 0.3 is 0 Å². The summed E-state index contributed by atoms with van der Waals surface area (Å²) in [5, 5.41) is 2.84. The van der Waals surface area contributed by atoms with Crippen LogP contribution in [0.5, 0.6) is 0 Å². The molecule has 2 rings (SSSR count). The summed E-state index contributed by atoms with van der Waals surface area (Å²) >= 11 is 0. The molecule has 0 unspecified atom stereocenters. The van der Waals surface area contributed by atoms with Crippen molar-refractivity contribution in [3.05, 3.63) is 65.2 Å². The number of aryl methyl sites for hydroxylation is 1. The Bertz CT molecular complexity index is 646. The second-order valence-corrected chi connectivity index (χ2v) is 5.20. The van der Waals surface area contributed by atoms with Gasteiger partial charge in [0.1, 0.15) is 0 Å². The topological polar surface area (TPSA) is 72.2 Å². The van der Waals surface area contributed by atoms with Gasteiger partial charge in [0, 0.05) is 16.8 Å². The quantitative estimate of drug-likeness (QED) is 0.857. The molecular formula is C18H20N2O2. The van der Waals surface area contributed by atoms with Crippen LogP contribution in [0.1, 0.15) is 46.0 Å². The van der Waals surface area contributed by atoms with Crippen LogP contribution in [0.25, 0.3) is 0 Å². The molecule has 0 radical (unpaired) electrons. The van der Waals surface area contributed by atoms with Crippen molar-refractivity contribution in [2.24, 2.45) is 5.73 Å². The predicted octanol–water partition coefficient (Wildman–Crippen LogP) is 3.38. The summed E-state index contributed by atoms with van der Waals surface area (Å²) in [6.07, 6.45) is 3.39. The molecule has 2 aromatic carbocycles. The number of benzene rings is 2. The van der Waals surface area contributed by atoms with E-state index in [4.69, 9.17) is 5.73 Å². The summed E-state index contributed by atoms with van der Waals surface area (Å²) in [6.45, 7) is 2.16. The fraction of sp³-hybridized carbons (Fsp3) is 0.222. The smallest absolute Gasteiger partial charge is 0.255 e. The molecular weight excluding hydrogens is 276 g/mol. The van der Waals surface area contributed by atoms with Gasteiger partial charge in [0.05, 0.1) is 0 Å². The van der Waals surface area contributed by atoms with E-state index in [9.17, 15) is 9.59 Å². The number of primary amides is 1. The lowest BCUT2D eigenvalue weighted by Gasteiger charge is -2.07. The zero-order valence-electron chi connectivity index (χ0n) is 12.6. The molecule has 0 fully saturated rings. The lowest BCUT2D eigenvalue weighted by molar-refractivity contribution is 0.0995. The average Bonchev–Trinajstić information content (AvgIpc) is 2.54. The maximum atomic E-state index is 12.1. The van der Waals surface area contributed by atoms with Gasteiger partial charge < -0.3 is 11.1 Å². The van der Waals surface area contributed by atoms with Crippen LogP contribution < -0.4 is 11.1 Å². The van der Waals surface area contributed by atoms with E-state index in [2.05, 4.69) is 12.2 Å². The number of unbranched alkanes of at least 4 members (excludes halogenated alkanes) is 1. The summed E-state index contributed by atoms with van der Waals surface area (Å²) < 4.78 is 0. The van der Waals surface area contributed by atoms with Crippen molar-refractivity contribution in [3.63, 3.8) is 0 Å². The minimum Gasteiger partial charge on any atom is -0.366 e. The molecule has 0 aromatic heterocycles. The molecule has 4 nitrogen and oxygen atoms in total. The van der Waals surface area contributed by atoms with E-state index in [0.29, 0.717) is 11.1 Å². The van der Waals surface area contributed by atoms with Crippen molar-refractivity contribution in [2.45, 2.75) is 26.2 Å². The first-order valence-corrected chi connectivity index (χ1v) is 7.40. The first-order chi connectivity index (χ1) is 10.6. The van der Waals surface area contributed by atoms with Crippen molar-refractivity contribution < 1.29 is 9.59 Å². The van der Waals surface area contributed by atoms with Crippen LogP contribution in [0.2, 0.25) is 0 Å². The van der Waals surface area contributed by atoms with Gasteiger partial charge in [-0.3, -0.25) is 9.59 Å². The van der Waals surface area contributed by atoms with E-state index in [-0.39, 0.29) is 5.91 Å². The fourth-order valence-corrected chi connectivity index (χ4v) is 2.12. The van der Waals surface area contributed by atoms with Crippen LogP contribution in [0.4, 0.5) is 5.69 Å². The van der Waals surface area contributed by atoms with E-state index in [1.165, 1.54) is 12.0 Å². The number of hydrogen-bond acceptors (Lipinski definition) is 2. The van der Waals surface area contributed by atoms with Crippen molar-refractivity contribution in [1.82, 2.24) is 0 Å². The Morgan fingerprint density at radius 1 is 0.955 bits per heavy atom. The lowest BCUT2D eigenvalue weighted by Crippen LogP contribution is -2.14. The first kappa shape index (κ1) is 15.8. The van der Waals surface area contributed by atoms with Crippen LogP contribution in [0.15, 0.2) is 48.5 Å². The van der Waals surface area contributed by atoms with Crippen LogP contribution in [-0.2, 0) is 6.42 Å². The van der Waals surface area contributed by atoms with Gasteiger partial charge in [0.2, 0.25) is 5.91 Å². The molecule has 4 heteroatoms. The van der Waals surface area contributed by atoms with Crippen molar-refractivity contribution in [1.29, 1.82) is 0 Å². The summed E-state index contributed by atoms with van der Waals surface area (Å²) in [6, 6.07) is 14.1. The number of rotatable bonds is 6. The molecule has 0 heterocycles. The SMILES string of the molecule is CCCCc1ccc(NC(=O)c2ccc(C(N)=O)cc2)cc1. The Morgan fingerprint density at radius 2 is 1.55 bits per heavy atom. The molecule has 0 spiro atoms. The Labute approximate surface area is 130 Å². The monoisotopic (exact) mass is 296 g/mol. The number of nitrogens with one attached hydrogen (secondary N) is 1. The lowest BCUT2D eigenvalue weighted by atomic mass is 10.1. The third-order valence-electron chi connectivity index (χ3n) is 3.46. The Hall–Kier alpha value is -2.62. The van der Waals surface area contributed by atoms with Crippen LogP contribution in [0, 0.1) is 0 Å². The largest absolute Gasteiger partial charge is 0.366 e. The molecule has 0 aliphatic carbocycles. The molecule has 0 atom stereocenters. The van der Waals surface area contributed by atoms with Crippen LogP contribution in [0.3, 0.4) is 0 Å². The summed E-state index contributed by atoms with van der Waals surface area (Å²) in [5.41, 5.74) is 8.07. The summed E-state index contributed by atoms with van der Waals surface area (Å²) in [4.78, 5) is 23.1. The Morgan fingerprint density at radius 3 is 2.09 bits per heavy atom. The molecule has 0 aliphatic rings.